The van der Waals surface area contributed by atoms with E-state index in [9.17, 15) is 27.1 Å². The van der Waals surface area contributed by atoms with Crippen LogP contribution in [0.5, 0.6) is 5.75 Å². The van der Waals surface area contributed by atoms with Crippen molar-refractivity contribution in [2.24, 2.45) is 7.05 Å². The Labute approximate surface area is 184 Å². The summed E-state index contributed by atoms with van der Waals surface area (Å²) in [5.41, 5.74) is -2.45. The molecule has 0 aliphatic carbocycles. The molecule has 0 bridgehead atoms. The molecule has 172 valence electrons. The maximum atomic E-state index is 14.6. The van der Waals surface area contributed by atoms with E-state index >= 15 is 0 Å². The van der Waals surface area contributed by atoms with Crippen molar-refractivity contribution in [1.82, 2.24) is 24.1 Å². The summed E-state index contributed by atoms with van der Waals surface area (Å²) >= 11 is 1.65. The Morgan fingerprint density at radius 3 is 2.53 bits per heavy atom. The predicted octanol–water partition coefficient (Wildman–Crippen LogP) is 3.82. The van der Waals surface area contributed by atoms with Crippen molar-refractivity contribution in [3.63, 3.8) is 0 Å². The first-order chi connectivity index (χ1) is 15.0. The molecule has 0 radical (unpaired) electrons. The van der Waals surface area contributed by atoms with E-state index in [2.05, 4.69) is 19.4 Å². The first-order valence-corrected chi connectivity index (χ1v) is 10.7. The maximum Gasteiger partial charge on any atom is 0.419 e. The van der Waals surface area contributed by atoms with Crippen molar-refractivity contribution < 1.29 is 27.1 Å². The zero-order chi connectivity index (χ0) is 23.4. The van der Waals surface area contributed by atoms with E-state index in [4.69, 9.17) is 0 Å². The molecule has 2 aromatic heterocycles. The summed E-state index contributed by atoms with van der Waals surface area (Å²) < 4.78 is 71.5. The average molecular weight is 474 g/mol. The first kappa shape index (κ1) is 22.5. The number of aromatic hydroxyl groups is 1. The van der Waals surface area contributed by atoms with Gasteiger partial charge in [-0.2, -0.15) is 23.3 Å². The number of benzene rings is 1. The number of phenolic OH excluding ortho intramolecular Hbond substituents is 1. The Kier molecular flexibility index (Phi) is 5.65. The van der Waals surface area contributed by atoms with Crippen LogP contribution in [0, 0.1) is 11.6 Å². The van der Waals surface area contributed by atoms with Crippen LogP contribution in [-0.4, -0.2) is 61.1 Å². The largest absolute Gasteiger partial charge is 0.503 e. The summed E-state index contributed by atoms with van der Waals surface area (Å²) in [7, 11) is 1.50. The van der Waals surface area contributed by atoms with Crippen molar-refractivity contribution in [3.8, 4) is 17.0 Å². The van der Waals surface area contributed by atoms with Gasteiger partial charge in [-0.25, -0.2) is 22.8 Å². The third-order valence-electron chi connectivity index (χ3n) is 5.41. The fourth-order valence-corrected chi connectivity index (χ4v) is 4.38. The van der Waals surface area contributed by atoms with Crippen molar-refractivity contribution >= 4 is 28.9 Å². The van der Waals surface area contributed by atoms with Gasteiger partial charge in [0.1, 0.15) is 5.69 Å². The smallest absolute Gasteiger partial charge is 0.419 e. The van der Waals surface area contributed by atoms with Crippen molar-refractivity contribution in [2.75, 3.05) is 30.8 Å². The van der Waals surface area contributed by atoms with Gasteiger partial charge in [-0.1, -0.05) is 11.9 Å². The standard InChI is InChI=1S/C19H19F5N6OS/c1-9-8-29(32-3)4-5-30(9)18-25-7-11-15(27-28(2)17(11)26-18)10-6-12(19(22,23)24)14(21)16(31)13(10)20/h6-7,9,31H,4-5,8H2,1-3H3/t9-/m1/s1. The van der Waals surface area contributed by atoms with Gasteiger partial charge in [0, 0.05) is 44.5 Å². The zero-order valence-corrected chi connectivity index (χ0v) is 18.1. The summed E-state index contributed by atoms with van der Waals surface area (Å²) in [6.45, 7) is 4.29. The molecule has 4 rings (SSSR count). The molecule has 0 amide bonds. The molecule has 0 saturated carbocycles. The molecule has 3 heterocycles. The number of aryl methyl sites for hydroxylation is 1. The van der Waals surface area contributed by atoms with Gasteiger partial charge >= 0.3 is 6.18 Å². The zero-order valence-electron chi connectivity index (χ0n) is 17.3. The van der Waals surface area contributed by atoms with Crippen LogP contribution in [0.2, 0.25) is 0 Å². The molecule has 32 heavy (non-hydrogen) atoms. The Morgan fingerprint density at radius 1 is 1.19 bits per heavy atom. The second-order valence-corrected chi connectivity index (χ2v) is 8.32. The normalized spacial score (nSPS) is 18.0. The molecule has 0 unspecified atom stereocenters. The summed E-state index contributed by atoms with van der Waals surface area (Å²) in [6.07, 6.45) is -1.78. The van der Waals surface area contributed by atoms with E-state index in [1.807, 2.05) is 18.1 Å². The molecule has 13 heteroatoms. The Morgan fingerprint density at radius 2 is 1.91 bits per heavy atom. The highest BCUT2D eigenvalue weighted by Crippen LogP contribution is 2.41. The Hall–Kier alpha value is -2.67. The molecule has 1 atom stereocenters. The van der Waals surface area contributed by atoms with E-state index in [-0.39, 0.29) is 22.8 Å². The molecular formula is C19H19F5N6OS. The van der Waals surface area contributed by atoms with Gasteiger partial charge in [0.25, 0.3) is 0 Å². The number of nitrogens with zero attached hydrogens (tertiary/aromatic N) is 6. The van der Waals surface area contributed by atoms with Gasteiger partial charge in [0.05, 0.1) is 10.9 Å². The van der Waals surface area contributed by atoms with E-state index in [0.29, 0.717) is 18.6 Å². The molecule has 1 aromatic carbocycles. The van der Waals surface area contributed by atoms with Crippen molar-refractivity contribution in [1.29, 1.82) is 0 Å². The molecule has 1 aliphatic rings. The number of rotatable bonds is 3. The van der Waals surface area contributed by atoms with Crippen LogP contribution in [-0.2, 0) is 13.2 Å². The maximum absolute atomic E-state index is 14.6. The minimum atomic E-state index is -5.13. The highest BCUT2D eigenvalue weighted by molar-refractivity contribution is 7.96. The third-order valence-corrected chi connectivity index (χ3v) is 6.26. The number of anilines is 1. The van der Waals surface area contributed by atoms with Gasteiger partial charge in [-0.05, 0) is 19.2 Å². The lowest BCUT2D eigenvalue weighted by atomic mass is 10.0. The highest BCUT2D eigenvalue weighted by Gasteiger charge is 2.38. The number of hydrogen-bond donors (Lipinski definition) is 1. The number of halogens is 5. The van der Waals surface area contributed by atoms with Gasteiger partial charge in [-0.15, -0.1) is 0 Å². The first-order valence-electron chi connectivity index (χ1n) is 9.56. The average Bonchev–Trinajstić information content (AvgIpc) is 3.07. The van der Waals surface area contributed by atoms with E-state index in [1.54, 1.807) is 11.9 Å². The minimum absolute atomic E-state index is 0.113. The fraction of sp³-hybridized carbons (Fsp3) is 0.421. The summed E-state index contributed by atoms with van der Waals surface area (Å²) in [6, 6.07) is 0.409. The quantitative estimate of drug-likeness (QED) is 0.457. The molecule has 1 saturated heterocycles. The topological polar surface area (TPSA) is 70.3 Å². The monoisotopic (exact) mass is 474 g/mol. The summed E-state index contributed by atoms with van der Waals surface area (Å²) in [5, 5.41) is 13.9. The molecule has 0 spiro atoms. The number of aromatic nitrogens is 4. The number of alkyl halides is 3. The number of phenols is 1. The van der Waals surface area contributed by atoms with Crippen LogP contribution in [0.3, 0.4) is 0 Å². The lowest BCUT2D eigenvalue weighted by Crippen LogP contribution is -2.50. The number of hydrogen-bond acceptors (Lipinski definition) is 7. The fourth-order valence-electron chi connectivity index (χ4n) is 3.75. The van der Waals surface area contributed by atoms with Crippen LogP contribution in [0.1, 0.15) is 12.5 Å². The highest BCUT2D eigenvalue weighted by atomic mass is 32.2. The number of piperazine rings is 1. The van der Waals surface area contributed by atoms with Crippen molar-refractivity contribution in [2.45, 2.75) is 19.1 Å². The van der Waals surface area contributed by atoms with E-state index in [1.165, 1.54) is 17.9 Å². The second kappa shape index (κ2) is 8.03. The molecule has 1 aliphatic heterocycles. The van der Waals surface area contributed by atoms with E-state index in [0.717, 1.165) is 13.1 Å². The molecular weight excluding hydrogens is 455 g/mol. The minimum Gasteiger partial charge on any atom is -0.503 e. The van der Waals surface area contributed by atoms with Crippen LogP contribution < -0.4 is 4.90 Å². The van der Waals surface area contributed by atoms with Crippen LogP contribution in [0.4, 0.5) is 27.9 Å². The van der Waals surface area contributed by atoms with Crippen LogP contribution in [0.25, 0.3) is 22.3 Å². The summed E-state index contributed by atoms with van der Waals surface area (Å²) in [5.74, 6) is -4.91. The van der Waals surface area contributed by atoms with Crippen LogP contribution >= 0.6 is 11.9 Å². The van der Waals surface area contributed by atoms with Gasteiger partial charge < -0.3 is 10.0 Å². The third kappa shape index (κ3) is 3.72. The second-order valence-electron chi connectivity index (χ2n) is 7.44. The molecule has 1 N–H and O–H groups in total. The predicted molar refractivity (Wildman–Crippen MR) is 110 cm³/mol. The Bertz CT molecular complexity index is 1180. The van der Waals surface area contributed by atoms with Gasteiger partial charge in [0.2, 0.25) is 5.95 Å². The van der Waals surface area contributed by atoms with Crippen molar-refractivity contribution in [3.05, 3.63) is 29.5 Å². The SMILES string of the molecule is CSN1CCN(c2ncc3c(-c4cc(C(F)(F)F)c(F)c(O)c4F)nn(C)c3n2)[C@H](C)C1. The van der Waals surface area contributed by atoms with Gasteiger partial charge in [0.15, 0.2) is 23.0 Å². The Balaban J connectivity index is 1.81. The molecule has 1 fully saturated rings. The lowest BCUT2D eigenvalue weighted by molar-refractivity contribution is -0.140. The van der Waals surface area contributed by atoms with E-state index < -0.39 is 34.7 Å². The van der Waals surface area contributed by atoms with Gasteiger partial charge in [-0.3, -0.25) is 0 Å². The van der Waals surface area contributed by atoms with Crippen LogP contribution in [0.15, 0.2) is 12.3 Å². The molecule has 7 nitrogen and oxygen atoms in total. The lowest BCUT2D eigenvalue weighted by Gasteiger charge is -2.38. The summed E-state index contributed by atoms with van der Waals surface area (Å²) in [4.78, 5) is 10.8. The molecule has 3 aromatic rings. The number of fused-ring (bicyclic) bond motifs is 1.